The number of amides is 1. The van der Waals surface area contributed by atoms with E-state index in [1.807, 2.05) is 25.1 Å². The highest BCUT2D eigenvalue weighted by Crippen LogP contribution is 2.29. The van der Waals surface area contributed by atoms with Crippen LogP contribution in [0.1, 0.15) is 29.3 Å². The van der Waals surface area contributed by atoms with Crippen LogP contribution in [0, 0.1) is 12.7 Å². The lowest BCUT2D eigenvalue weighted by Crippen LogP contribution is -2.24. The number of aromatic nitrogens is 2. The molecule has 3 aromatic rings. The zero-order valence-electron chi connectivity index (χ0n) is 14.4. The Morgan fingerprint density at radius 1 is 1.23 bits per heavy atom. The van der Waals surface area contributed by atoms with Gasteiger partial charge >= 0.3 is 0 Å². The molecule has 0 spiro atoms. The van der Waals surface area contributed by atoms with Crippen LogP contribution in [-0.2, 0) is 11.3 Å². The minimum Gasteiger partial charge on any atom is -0.338 e. The molecule has 6 heteroatoms. The number of hydrogen-bond acceptors (Lipinski definition) is 4. The monoisotopic (exact) mass is 351 g/mol. The first-order chi connectivity index (χ1) is 12.6. The second kappa shape index (κ2) is 6.71. The summed E-state index contributed by atoms with van der Waals surface area (Å²) in [6, 6.07) is 14.4. The van der Waals surface area contributed by atoms with E-state index in [4.69, 9.17) is 4.52 Å². The summed E-state index contributed by atoms with van der Waals surface area (Å²) in [6.45, 7) is 3.12. The number of rotatable bonds is 4. The van der Waals surface area contributed by atoms with Crippen molar-refractivity contribution < 1.29 is 13.7 Å². The maximum absolute atomic E-state index is 13.9. The summed E-state index contributed by atoms with van der Waals surface area (Å²) in [5, 5.41) is 3.97. The standard InChI is InChI=1S/C20H18FN3O2/c1-13-5-4-6-14(9-13)11-24-12-15(10-18(24)25)19-22-20(26-23-19)16-7-2-3-8-17(16)21/h2-9,15H,10-12H2,1H3. The van der Waals surface area contributed by atoms with Crippen LogP contribution in [-0.4, -0.2) is 27.5 Å². The highest BCUT2D eigenvalue weighted by molar-refractivity contribution is 5.79. The number of aryl methyl sites for hydroxylation is 1. The molecule has 2 aromatic carbocycles. The van der Waals surface area contributed by atoms with Gasteiger partial charge in [-0.05, 0) is 24.6 Å². The van der Waals surface area contributed by atoms with Gasteiger partial charge in [-0.25, -0.2) is 4.39 Å². The molecule has 1 amide bonds. The molecule has 4 rings (SSSR count). The SMILES string of the molecule is Cc1cccc(CN2CC(c3noc(-c4ccccc4F)n3)CC2=O)c1. The highest BCUT2D eigenvalue weighted by Gasteiger charge is 2.33. The molecule has 0 saturated carbocycles. The topological polar surface area (TPSA) is 59.2 Å². The van der Waals surface area contributed by atoms with Gasteiger partial charge in [0.15, 0.2) is 5.82 Å². The Balaban J connectivity index is 1.50. The number of carbonyl (C=O) groups excluding carboxylic acids is 1. The van der Waals surface area contributed by atoms with E-state index in [1.165, 1.54) is 11.6 Å². The van der Waals surface area contributed by atoms with Crippen LogP contribution < -0.4 is 0 Å². The van der Waals surface area contributed by atoms with Crippen molar-refractivity contribution in [2.75, 3.05) is 6.54 Å². The molecule has 1 unspecified atom stereocenters. The summed E-state index contributed by atoms with van der Waals surface area (Å²) in [7, 11) is 0. The van der Waals surface area contributed by atoms with Crippen molar-refractivity contribution in [3.8, 4) is 11.5 Å². The molecule has 0 radical (unpaired) electrons. The molecule has 1 atom stereocenters. The van der Waals surface area contributed by atoms with Gasteiger partial charge in [-0.15, -0.1) is 0 Å². The number of likely N-dealkylation sites (tertiary alicyclic amines) is 1. The van der Waals surface area contributed by atoms with Gasteiger partial charge in [-0.1, -0.05) is 47.1 Å². The van der Waals surface area contributed by atoms with Crippen LogP contribution >= 0.6 is 0 Å². The van der Waals surface area contributed by atoms with Crippen molar-refractivity contribution in [2.45, 2.75) is 25.8 Å². The third-order valence-electron chi connectivity index (χ3n) is 4.58. The number of halogens is 1. The van der Waals surface area contributed by atoms with Gasteiger partial charge in [0, 0.05) is 25.4 Å². The fraction of sp³-hybridized carbons (Fsp3) is 0.250. The molecular weight excluding hydrogens is 333 g/mol. The third kappa shape index (κ3) is 3.22. The summed E-state index contributed by atoms with van der Waals surface area (Å²) in [4.78, 5) is 18.5. The van der Waals surface area contributed by atoms with E-state index < -0.39 is 5.82 Å². The zero-order chi connectivity index (χ0) is 18.1. The van der Waals surface area contributed by atoms with Crippen molar-refractivity contribution >= 4 is 5.91 Å². The van der Waals surface area contributed by atoms with E-state index in [0.29, 0.717) is 25.3 Å². The summed E-state index contributed by atoms with van der Waals surface area (Å²) in [6.07, 6.45) is 0.335. The number of carbonyl (C=O) groups is 1. The lowest BCUT2D eigenvalue weighted by molar-refractivity contribution is -0.128. The van der Waals surface area contributed by atoms with Gasteiger partial charge in [0.05, 0.1) is 5.56 Å². The van der Waals surface area contributed by atoms with Crippen molar-refractivity contribution in [1.82, 2.24) is 15.0 Å². The zero-order valence-corrected chi connectivity index (χ0v) is 14.4. The van der Waals surface area contributed by atoms with Crippen molar-refractivity contribution in [3.63, 3.8) is 0 Å². The van der Waals surface area contributed by atoms with E-state index in [1.54, 1.807) is 23.1 Å². The van der Waals surface area contributed by atoms with Crippen molar-refractivity contribution in [1.29, 1.82) is 0 Å². The number of nitrogens with zero attached hydrogens (tertiary/aromatic N) is 3. The molecule has 0 aliphatic carbocycles. The molecule has 1 aromatic heterocycles. The Morgan fingerprint density at radius 2 is 2.08 bits per heavy atom. The Hall–Kier alpha value is -3.02. The molecule has 26 heavy (non-hydrogen) atoms. The first-order valence-corrected chi connectivity index (χ1v) is 8.52. The van der Waals surface area contributed by atoms with Crippen molar-refractivity contribution in [2.24, 2.45) is 0 Å². The maximum atomic E-state index is 13.9. The third-order valence-corrected chi connectivity index (χ3v) is 4.58. The number of hydrogen-bond donors (Lipinski definition) is 0. The van der Waals surface area contributed by atoms with Gasteiger partial charge in [0.25, 0.3) is 5.89 Å². The molecule has 5 nitrogen and oxygen atoms in total. The molecule has 1 fully saturated rings. The van der Waals surface area contributed by atoms with E-state index >= 15 is 0 Å². The fourth-order valence-electron chi connectivity index (χ4n) is 3.27. The highest BCUT2D eigenvalue weighted by atomic mass is 19.1. The normalized spacial score (nSPS) is 17.1. The molecule has 0 bridgehead atoms. The van der Waals surface area contributed by atoms with E-state index in [2.05, 4.69) is 16.2 Å². The quantitative estimate of drug-likeness (QED) is 0.719. The molecule has 1 saturated heterocycles. The van der Waals surface area contributed by atoms with Gasteiger partial charge in [-0.3, -0.25) is 4.79 Å². The fourth-order valence-corrected chi connectivity index (χ4v) is 3.27. The minimum atomic E-state index is -0.411. The lowest BCUT2D eigenvalue weighted by atomic mass is 10.1. The Labute approximate surface area is 150 Å². The summed E-state index contributed by atoms with van der Waals surface area (Å²) in [5.74, 6) is 0.0997. The van der Waals surface area contributed by atoms with Crippen LogP contribution in [0.25, 0.3) is 11.5 Å². The van der Waals surface area contributed by atoms with Crippen LogP contribution in [0.15, 0.2) is 53.1 Å². The Morgan fingerprint density at radius 3 is 2.88 bits per heavy atom. The van der Waals surface area contributed by atoms with Crippen molar-refractivity contribution in [3.05, 3.63) is 71.3 Å². The first kappa shape index (κ1) is 16.4. The van der Waals surface area contributed by atoms with E-state index in [0.717, 1.165) is 5.56 Å². The molecule has 0 N–H and O–H groups in total. The predicted octanol–water partition coefficient (Wildman–Crippen LogP) is 3.70. The number of benzene rings is 2. The van der Waals surface area contributed by atoms with Gasteiger partial charge in [-0.2, -0.15) is 4.98 Å². The van der Waals surface area contributed by atoms with Crippen LogP contribution in [0.4, 0.5) is 4.39 Å². The largest absolute Gasteiger partial charge is 0.338 e. The second-order valence-corrected chi connectivity index (χ2v) is 6.60. The predicted molar refractivity (Wildman–Crippen MR) is 93.6 cm³/mol. The van der Waals surface area contributed by atoms with Gasteiger partial charge in [0.1, 0.15) is 5.82 Å². The first-order valence-electron chi connectivity index (χ1n) is 8.52. The molecule has 1 aliphatic rings. The average molecular weight is 351 g/mol. The van der Waals surface area contributed by atoms with E-state index in [-0.39, 0.29) is 23.3 Å². The van der Waals surface area contributed by atoms with Gasteiger partial charge < -0.3 is 9.42 Å². The van der Waals surface area contributed by atoms with E-state index in [9.17, 15) is 9.18 Å². The lowest BCUT2D eigenvalue weighted by Gasteiger charge is -2.16. The molecule has 132 valence electrons. The second-order valence-electron chi connectivity index (χ2n) is 6.60. The minimum absolute atomic E-state index is 0.0637. The molecular formula is C20H18FN3O2. The summed E-state index contributed by atoms with van der Waals surface area (Å²) < 4.78 is 19.1. The molecule has 1 aliphatic heterocycles. The van der Waals surface area contributed by atoms with Crippen LogP contribution in [0.2, 0.25) is 0 Å². The smallest absolute Gasteiger partial charge is 0.260 e. The van der Waals surface area contributed by atoms with Crippen LogP contribution in [0.3, 0.4) is 0 Å². The molecule has 2 heterocycles. The van der Waals surface area contributed by atoms with Gasteiger partial charge in [0.2, 0.25) is 5.91 Å². The summed E-state index contributed by atoms with van der Waals surface area (Å²) >= 11 is 0. The van der Waals surface area contributed by atoms with Crippen LogP contribution in [0.5, 0.6) is 0 Å². The Kier molecular flexibility index (Phi) is 4.24. The Bertz CT molecular complexity index is 953. The summed E-state index contributed by atoms with van der Waals surface area (Å²) in [5.41, 5.74) is 2.53. The maximum Gasteiger partial charge on any atom is 0.260 e. The average Bonchev–Trinajstić information content (AvgIpc) is 3.23.